The minimum atomic E-state index is -0.0183. The zero-order valence-electron chi connectivity index (χ0n) is 10.3. The van der Waals surface area contributed by atoms with Crippen molar-refractivity contribution >= 4 is 21.8 Å². The zero-order chi connectivity index (χ0) is 12.4. The first-order valence-electron chi connectivity index (χ1n) is 6.10. The Morgan fingerprint density at radius 2 is 2.00 bits per heavy atom. The van der Waals surface area contributed by atoms with Gasteiger partial charge in [-0.2, -0.15) is 0 Å². The van der Waals surface area contributed by atoms with Crippen molar-refractivity contribution in [2.45, 2.75) is 38.6 Å². The minimum Gasteiger partial charge on any atom is -0.444 e. The van der Waals surface area contributed by atoms with E-state index in [1.54, 1.807) is 12.1 Å². The standard InChI is InChI=1S/C13H18BrNO2/c1-9-3-5-10(6-4-9)15(2)13(16)11-7-8-12(14)17-11/h7-10H,3-6H2,1-2H3. The van der Waals surface area contributed by atoms with Crippen molar-refractivity contribution in [3.05, 3.63) is 22.6 Å². The molecule has 1 aliphatic carbocycles. The summed E-state index contributed by atoms with van der Waals surface area (Å²) in [6.07, 6.45) is 4.63. The molecular formula is C13H18BrNO2. The lowest BCUT2D eigenvalue weighted by Crippen LogP contribution is -2.39. The summed E-state index contributed by atoms with van der Waals surface area (Å²) >= 11 is 3.22. The van der Waals surface area contributed by atoms with E-state index >= 15 is 0 Å². The molecule has 0 bridgehead atoms. The summed E-state index contributed by atoms with van der Waals surface area (Å²) < 4.78 is 5.91. The van der Waals surface area contributed by atoms with Gasteiger partial charge in [0.2, 0.25) is 0 Å². The molecule has 1 heterocycles. The van der Waals surface area contributed by atoms with E-state index in [0.29, 0.717) is 16.5 Å². The molecule has 0 unspecified atom stereocenters. The van der Waals surface area contributed by atoms with Crippen LogP contribution in [0, 0.1) is 5.92 Å². The molecule has 3 nitrogen and oxygen atoms in total. The van der Waals surface area contributed by atoms with E-state index in [9.17, 15) is 4.79 Å². The van der Waals surface area contributed by atoms with Gasteiger partial charge >= 0.3 is 0 Å². The Bertz CT molecular complexity index is 394. The van der Waals surface area contributed by atoms with E-state index in [4.69, 9.17) is 4.42 Å². The molecular weight excluding hydrogens is 282 g/mol. The molecule has 0 aromatic carbocycles. The normalized spacial score (nSPS) is 24.6. The monoisotopic (exact) mass is 299 g/mol. The molecule has 0 N–H and O–H groups in total. The van der Waals surface area contributed by atoms with Crippen LogP contribution < -0.4 is 0 Å². The highest BCUT2D eigenvalue weighted by Gasteiger charge is 2.26. The van der Waals surface area contributed by atoms with Gasteiger partial charge in [-0.25, -0.2) is 0 Å². The smallest absolute Gasteiger partial charge is 0.289 e. The summed E-state index contributed by atoms with van der Waals surface area (Å²) in [7, 11) is 1.87. The van der Waals surface area contributed by atoms with Crippen LogP contribution in [0.3, 0.4) is 0 Å². The lowest BCUT2D eigenvalue weighted by atomic mass is 9.87. The highest BCUT2D eigenvalue weighted by Crippen LogP contribution is 2.27. The van der Waals surface area contributed by atoms with E-state index in [2.05, 4.69) is 22.9 Å². The van der Waals surface area contributed by atoms with Crippen LogP contribution in [0.5, 0.6) is 0 Å². The van der Waals surface area contributed by atoms with Crippen molar-refractivity contribution in [1.29, 1.82) is 0 Å². The fourth-order valence-electron chi connectivity index (χ4n) is 2.40. The van der Waals surface area contributed by atoms with E-state index in [1.807, 2.05) is 11.9 Å². The maximum Gasteiger partial charge on any atom is 0.289 e. The van der Waals surface area contributed by atoms with Gasteiger partial charge in [-0.15, -0.1) is 0 Å². The van der Waals surface area contributed by atoms with Crippen molar-refractivity contribution in [3.8, 4) is 0 Å². The molecule has 1 fully saturated rings. The van der Waals surface area contributed by atoms with Crippen molar-refractivity contribution in [2.24, 2.45) is 5.92 Å². The fraction of sp³-hybridized carbons (Fsp3) is 0.615. The molecule has 17 heavy (non-hydrogen) atoms. The van der Waals surface area contributed by atoms with Crippen LogP contribution in [0.2, 0.25) is 0 Å². The van der Waals surface area contributed by atoms with Crippen molar-refractivity contribution in [2.75, 3.05) is 7.05 Å². The molecule has 1 amide bonds. The van der Waals surface area contributed by atoms with Gasteiger partial charge in [0.05, 0.1) is 0 Å². The number of carbonyl (C=O) groups excluding carboxylic acids is 1. The van der Waals surface area contributed by atoms with Gasteiger partial charge < -0.3 is 9.32 Å². The van der Waals surface area contributed by atoms with E-state index < -0.39 is 0 Å². The van der Waals surface area contributed by atoms with Gasteiger partial charge in [-0.05, 0) is 59.7 Å². The molecule has 0 aliphatic heterocycles. The summed E-state index contributed by atoms with van der Waals surface area (Å²) in [4.78, 5) is 14.0. The molecule has 0 saturated heterocycles. The lowest BCUT2D eigenvalue weighted by molar-refractivity contribution is 0.0646. The zero-order valence-corrected chi connectivity index (χ0v) is 11.9. The van der Waals surface area contributed by atoms with Gasteiger partial charge in [-0.1, -0.05) is 6.92 Å². The maximum atomic E-state index is 12.2. The second-order valence-electron chi connectivity index (χ2n) is 4.93. The summed E-state index contributed by atoms with van der Waals surface area (Å²) in [5.41, 5.74) is 0. The number of carbonyl (C=O) groups is 1. The Kier molecular flexibility index (Phi) is 3.92. The van der Waals surface area contributed by atoms with Crippen LogP contribution in [-0.4, -0.2) is 23.9 Å². The Morgan fingerprint density at radius 1 is 1.35 bits per heavy atom. The Hall–Kier alpha value is -0.770. The van der Waals surface area contributed by atoms with Gasteiger partial charge in [0.1, 0.15) is 0 Å². The SMILES string of the molecule is CC1CCC(N(C)C(=O)c2ccc(Br)o2)CC1. The molecule has 0 spiro atoms. The summed E-state index contributed by atoms with van der Waals surface area (Å²) in [6.45, 7) is 2.28. The molecule has 1 aromatic rings. The first-order chi connectivity index (χ1) is 8.08. The second-order valence-corrected chi connectivity index (χ2v) is 5.72. The third-order valence-electron chi connectivity index (χ3n) is 3.64. The number of furan rings is 1. The number of halogens is 1. The predicted octanol–water partition coefficient (Wildman–Crippen LogP) is 3.69. The summed E-state index contributed by atoms with van der Waals surface area (Å²) in [5.74, 6) is 1.20. The first-order valence-corrected chi connectivity index (χ1v) is 6.89. The van der Waals surface area contributed by atoms with Crippen LogP contribution >= 0.6 is 15.9 Å². The third-order valence-corrected chi connectivity index (χ3v) is 4.06. The number of nitrogens with zero attached hydrogens (tertiary/aromatic N) is 1. The summed E-state index contributed by atoms with van der Waals surface area (Å²) in [6, 6.07) is 3.83. The molecule has 0 atom stereocenters. The molecule has 0 radical (unpaired) electrons. The number of hydrogen-bond acceptors (Lipinski definition) is 2. The van der Waals surface area contributed by atoms with Crippen LogP contribution in [0.1, 0.15) is 43.2 Å². The maximum absolute atomic E-state index is 12.2. The highest BCUT2D eigenvalue weighted by atomic mass is 79.9. The van der Waals surface area contributed by atoms with Crippen LogP contribution in [0.25, 0.3) is 0 Å². The first kappa shape index (κ1) is 12.7. The van der Waals surface area contributed by atoms with Gasteiger partial charge in [0.15, 0.2) is 10.4 Å². The highest BCUT2D eigenvalue weighted by molar-refractivity contribution is 9.10. The second kappa shape index (κ2) is 5.25. The molecule has 1 aliphatic rings. The largest absolute Gasteiger partial charge is 0.444 e. The van der Waals surface area contributed by atoms with Gasteiger partial charge in [0, 0.05) is 13.1 Å². The molecule has 2 rings (SSSR count). The van der Waals surface area contributed by atoms with Crippen LogP contribution in [0.15, 0.2) is 21.2 Å². The molecule has 4 heteroatoms. The predicted molar refractivity (Wildman–Crippen MR) is 69.9 cm³/mol. The minimum absolute atomic E-state index is 0.0183. The van der Waals surface area contributed by atoms with Crippen molar-refractivity contribution in [3.63, 3.8) is 0 Å². The van der Waals surface area contributed by atoms with Crippen LogP contribution in [0.4, 0.5) is 0 Å². The fourth-order valence-corrected chi connectivity index (χ4v) is 2.71. The average Bonchev–Trinajstić information content (AvgIpc) is 2.75. The number of amides is 1. The molecule has 1 aromatic heterocycles. The third kappa shape index (κ3) is 2.92. The molecule has 94 valence electrons. The number of rotatable bonds is 2. The van der Waals surface area contributed by atoms with Crippen LogP contribution in [-0.2, 0) is 0 Å². The summed E-state index contributed by atoms with van der Waals surface area (Å²) in [5, 5.41) is 0. The quantitative estimate of drug-likeness (QED) is 0.834. The Morgan fingerprint density at radius 3 is 2.53 bits per heavy atom. The van der Waals surface area contributed by atoms with E-state index in [0.717, 1.165) is 18.8 Å². The number of hydrogen-bond donors (Lipinski definition) is 0. The lowest BCUT2D eigenvalue weighted by Gasteiger charge is -2.33. The van der Waals surface area contributed by atoms with E-state index in [-0.39, 0.29) is 5.91 Å². The van der Waals surface area contributed by atoms with Gasteiger partial charge in [-0.3, -0.25) is 4.79 Å². The average molecular weight is 300 g/mol. The van der Waals surface area contributed by atoms with Crippen molar-refractivity contribution < 1.29 is 9.21 Å². The van der Waals surface area contributed by atoms with Gasteiger partial charge in [0.25, 0.3) is 5.91 Å². The Labute approximate surface area is 110 Å². The van der Waals surface area contributed by atoms with E-state index in [1.165, 1.54) is 12.8 Å². The van der Waals surface area contributed by atoms with Crippen molar-refractivity contribution in [1.82, 2.24) is 4.90 Å². The molecule has 1 saturated carbocycles. The topological polar surface area (TPSA) is 33.5 Å². The Balaban J connectivity index is 2.00.